The number of aliphatic hydroxyl groups is 1. The van der Waals surface area contributed by atoms with Gasteiger partial charge in [-0.1, -0.05) is 6.42 Å². The van der Waals surface area contributed by atoms with Crippen molar-refractivity contribution < 1.29 is 5.11 Å². The molecule has 0 unspecified atom stereocenters. The zero-order valence-corrected chi connectivity index (χ0v) is 8.21. The lowest BCUT2D eigenvalue weighted by Gasteiger charge is -2.33. The van der Waals surface area contributed by atoms with Crippen LogP contribution in [0.2, 0.25) is 0 Å². The summed E-state index contributed by atoms with van der Waals surface area (Å²) >= 11 is 0. The highest BCUT2D eigenvalue weighted by molar-refractivity contribution is 5.09. The van der Waals surface area contributed by atoms with Crippen LogP contribution in [0.3, 0.4) is 0 Å². The van der Waals surface area contributed by atoms with Crippen LogP contribution in [0.1, 0.15) is 38.5 Å². The highest BCUT2D eigenvalue weighted by Crippen LogP contribution is 2.50. The summed E-state index contributed by atoms with van der Waals surface area (Å²) in [6, 6.07) is 0.842. The lowest BCUT2D eigenvalue weighted by Crippen LogP contribution is -2.44. The molecule has 0 bridgehead atoms. The van der Waals surface area contributed by atoms with Gasteiger partial charge in [0.25, 0.3) is 0 Å². The van der Waals surface area contributed by atoms with Gasteiger partial charge in [-0.2, -0.15) is 0 Å². The van der Waals surface area contributed by atoms with E-state index in [0.717, 1.165) is 12.0 Å². The van der Waals surface area contributed by atoms with E-state index in [2.05, 4.69) is 4.90 Å². The SMILES string of the molecule is OC[C@@]12CCCN1[C@@H]1CCC[C@@H]1C2. The first kappa shape index (κ1) is 8.25. The van der Waals surface area contributed by atoms with E-state index in [-0.39, 0.29) is 5.54 Å². The van der Waals surface area contributed by atoms with Gasteiger partial charge < -0.3 is 5.11 Å². The molecule has 0 aromatic rings. The second-order valence-corrected chi connectivity index (χ2v) is 5.14. The fourth-order valence-corrected chi connectivity index (χ4v) is 4.08. The molecule has 3 fully saturated rings. The molecule has 0 aromatic carbocycles. The Kier molecular flexibility index (Phi) is 1.72. The second-order valence-electron chi connectivity index (χ2n) is 5.14. The second kappa shape index (κ2) is 2.71. The summed E-state index contributed by atoms with van der Waals surface area (Å²) in [5.74, 6) is 0.924. The third-order valence-corrected chi connectivity index (χ3v) is 4.61. The van der Waals surface area contributed by atoms with E-state index in [4.69, 9.17) is 0 Å². The molecule has 2 saturated heterocycles. The minimum absolute atomic E-state index is 0.232. The van der Waals surface area contributed by atoms with Crippen LogP contribution < -0.4 is 0 Å². The first-order valence-electron chi connectivity index (χ1n) is 5.73. The summed E-state index contributed by atoms with van der Waals surface area (Å²) in [5.41, 5.74) is 0.232. The molecule has 1 N–H and O–H groups in total. The molecule has 3 rings (SSSR count). The Morgan fingerprint density at radius 1 is 1.31 bits per heavy atom. The Morgan fingerprint density at radius 2 is 2.23 bits per heavy atom. The van der Waals surface area contributed by atoms with Crippen molar-refractivity contribution in [2.45, 2.75) is 50.1 Å². The van der Waals surface area contributed by atoms with Gasteiger partial charge in [-0.25, -0.2) is 0 Å². The number of hydrogen-bond donors (Lipinski definition) is 1. The van der Waals surface area contributed by atoms with E-state index in [1.165, 1.54) is 45.1 Å². The predicted molar refractivity (Wildman–Crippen MR) is 51.5 cm³/mol. The molecule has 0 spiro atoms. The Morgan fingerprint density at radius 3 is 3.08 bits per heavy atom. The minimum Gasteiger partial charge on any atom is -0.394 e. The van der Waals surface area contributed by atoms with E-state index in [0.29, 0.717) is 6.61 Å². The van der Waals surface area contributed by atoms with Gasteiger partial charge in [-0.05, 0) is 44.6 Å². The summed E-state index contributed by atoms with van der Waals surface area (Å²) < 4.78 is 0. The predicted octanol–water partition coefficient (Wildman–Crippen LogP) is 1.39. The first-order valence-corrected chi connectivity index (χ1v) is 5.73. The lowest BCUT2D eigenvalue weighted by atomic mass is 9.90. The van der Waals surface area contributed by atoms with Gasteiger partial charge >= 0.3 is 0 Å². The zero-order valence-electron chi connectivity index (χ0n) is 8.21. The number of hydrogen-bond acceptors (Lipinski definition) is 2. The quantitative estimate of drug-likeness (QED) is 0.660. The van der Waals surface area contributed by atoms with Crippen molar-refractivity contribution in [3.63, 3.8) is 0 Å². The summed E-state index contributed by atoms with van der Waals surface area (Å²) in [5, 5.41) is 9.54. The summed E-state index contributed by atoms with van der Waals surface area (Å²) in [6.07, 6.45) is 8.08. The fraction of sp³-hybridized carbons (Fsp3) is 1.00. The van der Waals surface area contributed by atoms with Crippen molar-refractivity contribution in [3.8, 4) is 0 Å². The summed E-state index contributed by atoms with van der Waals surface area (Å²) in [4.78, 5) is 2.64. The van der Waals surface area contributed by atoms with Crippen molar-refractivity contribution in [2.75, 3.05) is 13.2 Å². The number of fused-ring (bicyclic) bond motifs is 3. The van der Waals surface area contributed by atoms with Gasteiger partial charge in [0.2, 0.25) is 0 Å². The zero-order chi connectivity index (χ0) is 8.89. The Balaban J connectivity index is 1.89. The van der Waals surface area contributed by atoms with E-state index < -0.39 is 0 Å². The standard InChI is InChI=1S/C11H19NO/c13-8-11-5-2-6-12(11)10-4-1-3-9(10)7-11/h9-10,13H,1-8H2/t9-,10-,11+/m1/s1. The summed E-state index contributed by atoms with van der Waals surface area (Å²) in [6.45, 7) is 1.65. The van der Waals surface area contributed by atoms with E-state index in [9.17, 15) is 5.11 Å². The highest BCUT2D eigenvalue weighted by Gasteiger charge is 2.54. The van der Waals surface area contributed by atoms with Crippen LogP contribution in [0.5, 0.6) is 0 Å². The third-order valence-electron chi connectivity index (χ3n) is 4.61. The van der Waals surface area contributed by atoms with Gasteiger partial charge in [0, 0.05) is 11.6 Å². The van der Waals surface area contributed by atoms with Crippen LogP contribution in [0, 0.1) is 5.92 Å². The maximum atomic E-state index is 9.54. The normalized spacial score (nSPS) is 49.6. The molecule has 3 aliphatic rings. The maximum Gasteiger partial charge on any atom is 0.0615 e. The molecule has 3 atom stereocenters. The largest absolute Gasteiger partial charge is 0.394 e. The average molecular weight is 181 g/mol. The van der Waals surface area contributed by atoms with Gasteiger partial charge in [0.1, 0.15) is 0 Å². The molecule has 1 aliphatic carbocycles. The average Bonchev–Trinajstić information content (AvgIpc) is 2.72. The molecule has 2 nitrogen and oxygen atoms in total. The smallest absolute Gasteiger partial charge is 0.0615 e. The maximum absolute atomic E-state index is 9.54. The van der Waals surface area contributed by atoms with Crippen molar-refractivity contribution in [1.29, 1.82) is 0 Å². The van der Waals surface area contributed by atoms with Crippen molar-refractivity contribution in [3.05, 3.63) is 0 Å². The molecule has 0 aromatic heterocycles. The summed E-state index contributed by atoms with van der Waals surface area (Å²) in [7, 11) is 0. The monoisotopic (exact) mass is 181 g/mol. The molecule has 74 valence electrons. The molecule has 1 saturated carbocycles. The molecule has 2 aliphatic heterocycles. The number of aliphatic hydroxyl groups excluding tert-OH is 1. The van der Waals surface area contributed by atoms with Crippen LogP contribution in [0.4, 0.5) is 0 Å². The van der Waals surface area contributed by atoms with E-state index in [1.54, 1.807) is 0 Å². The Labute approximate surface area is 79.9 Å². The molecule has 2 heteroatoms. The molecule has 2 heterocycles. The first-order chi connectivity index (χ1) is 6.36. The lowest BCUT2D eigenvalue weighted by molar-refractivity contribution is 0.0764. The van der Waals surface area contributed by atoms with E-state index >= 15 is 0 Å². The Hall–Kier alpha value is -0.0800. The molecule has 0 radical (unpaired) electrons. The topological polar surface area (TPSA) is 23.5 Å². The Bertz CT molecular complexity index is 218. The number of rotatable bonds is 1. The van der Waals surface area contributed by atoms with Gasteiger partial charge in [-0.3, -0.25) is 4.90 Å². The van der Waals surface area contributed by atoms with Crippen molar-refractivity contribution in [1.82, 2.24) is 4.90 Å². The minimum atomic E-state index is 0.232. The fourth-order valence-electron chi connectivity index (χ4n) is 4.08. The molecule has 0 amide bonds. The number of nitrogens with zero attached hydrogens (tertiary/aromatic N) is 1. The van der Waals surface area contributed by atoms with Gasteiger partial charge in [-0.15, -0.1) is 0 Å². The van der Waals surface area contributed by atoms with Crippen LogP contribution in [0.15, 0.2) is 0 Å². The van der Waals surface area contributed by atoms with Crippen LogP contribution >= 0.6 is 0 Å². The van der Waals surface area contributed by atoms with Crippen LogP contribution in [-0.4, -0.2) is 34.7 Å². The molecule has 13 heavy (non-hydrogen) atoms. The molecular weight excluding hydrogens is 162 g/mol. The molecular formula is C11H19NO. The van der Waals surface area contributed by atoms with E-state index in [1.807, 2.05) is 0 Å². The van der Waals surface area contributed by atoms with Crippen molar-refractivity contribution >= 4 is 0 Å². The van der Waals surface area contributed by atoms with Crippen molar-refractivity contribution in [2.24, 2.45) is 5.92 Å². The van der Waals surface area contributed by atoms with Gasteiger partial charge in [0.15, 0.2) is 0 Å². The van der Waals surface area contributed by atoms with Gasteiger partial charge in [0.05, 0.1) is 6.61 Å². The highest BCUT2D eigenvalue weighted by atomic mass is 16.3. The third kappa shape index (κ3) is 0.962. The van der Waals surface area contributed by atoms with Crippen LogP contribution in [-0.2, 0) is 0 Å². The van der Waals surface area contributed by atoms with Crippen LogP contribution in [0.25, 0.3) is 0 Å².